The summed E-state index contributed by atoms with van der Waals surface area (Å²) in [5.41, 5.74) is 1.10. The van der Waals surface area contributed by atoms with Crippen molar-refractivity contribution in [2.24, 2.45) is 4.99 Å². The molecule has 0 aromatic carbocycles. The lowest BCUT2D eigenvalue weighted by molar-refractivity contribution is 0.138. The van der Waals surface area contributed by atoms with E-state index in [-0.39, 0.29) is 6.10 Å². The fraction of sp³-hybridized carbons (Fsp3) is 0.538. The van der Waals surface area contributed by atoms with Crippen LogP contribution in [-0.2, 0) is 11.3 Å². The van der Waals surface area contributed by atoms with Crippen molar-refractivity contribution in [1.82, 2.24) is 15.6 Å². The number of nitrogens with one attached hydrogen (secondary N) is 2. The lowest BCUT2D eigenvalue weighted by Gasteiger charge is -2.12. The van der Waals surface area contributed by atoms with Gasteiger partial charge in [0.25, 0.3) is 0 Å². The monoisotopic (exact) mass is 264 g/mol. The van der Waals surface area contributed by atoms with Crippen LogP contribution in [0, 0.1) is 0 Å². The lowest BCUT2D eigenvalue weighted by Crippen LogP contribution is -2.34. The fourth-order valence-corrected chi connectivity index (χ4v) is 1.87. The molecule has 0 saturated carbocycles. The van der Waals surface area contributed by atoms with Crippen LogP contribution in [0.25, 0.3) is 0 Å². The van der Waals surface area contributed by atoms with E-state index >= 15 is 0 Å². The standard InChI is InChI=1S/C13H20N4O2/c1-14-13(15-2)17-8-10-3-5-16-12(7-10)19-11-4-6-18-9-11/h3,5,7,11H,4,6,8-9H2,1-2H3,(H2,14,15,17). The average Bonchev–Trinajstić information content (AvgIpc) is 2.93. The summed E-state index contributed by atoms with van der Waals surface area (Å²) in [4.78, 5) is 8.28. The largest absolute Gasteiger partial charge is 0.472 e. The van der Waals surface area contributed by atoms with Gasteiger partial charge in [-0.2, -0.15) is 0 Å². The molecule has 0 bridgehead atoms. The number of hydrogen-bond acceptors (Lipinski definition) is 4. The van der Waals surface area contributed by atoms with Crippen LogP contribution in [0.4, 0.5) is 0 Å². The third-order valence-corrected chi connectivity index (χ3v) is 2.89. The summed E-state index contributed by atoms with van der Waals surface area (Å²) in [6, 6.07) is 3.89. The van der Waals surface area contributed by atoms with Gasteiger partial charge >= 0.3 is 0 Å². The van der Waals surface area contributed by atoms with Gasteiger partial charge in [0.05, 0.1) is 13.2 Å². The smallest absolute Gasteiger partial charge is 0.213 e. The summed E-state index contributed by atoms with van der Waals surface area (Å²) in [5.74, 6) is 1.40. The third-order valence-electron chi connectivity index (χ3n) is 2.89. The van der Waals surface area contributed by atoms with Crippen LogP contribution in [0.3, 0.4) is 0 Å². The Morgan fingerprint density at radius 1 is 1.63 bits per heavy atom. The summed E-state index contributed by atoms with van der Waals surface area (Å²) in [5, 5.41) is 6.16. The van der Waals surface area contributed by atoms with Crippen LogP contribution in [0.15, 0.2) is 23.3 Å². The molecular formula is C13H20N4O2. The summed E-state index contributed by atoms with van der Waals surface area (Å²) < 4.78 is 11.0. The maximum atomic E-state index is 5.77. The zero-order chi connectivity index (χ0) is 13.5. The Morgan fingerprint density at radius 3 is 3.21 bits per heavy atom. The van der Waals surface area contributed by atoms with Gasteiger partial charge in [0.1, 0.15) is 6.10 Å². The van der Waals surface area contributed by atoms with Gasteiger partial charge in [-0.15, -0.1) is 0 Å². The van der Waals surface area contributed by atoms with Crippen molar-refractivity contribution in [2.75, 3.05) is 27.3 Å². The normalized spacial score (nSPS) is 19.3. The van der Waals surface area contributed by atoms with Crippen molar-refractivity contribution >= 4 is 5.96 Å². The first-order valence-corrected chi connectivity index (χ1v) is 6.39. The molecule has 1 fully saturated rings. The molecule has 2 N–H and O–H groups in total. The van der Waals surface area contributed by atoms with E-state index in [0.29, 0.717) is 19.0 Å². The van der Waals surface area contributed by atoms with Crippen LogP contribution in [0.2, 0.25) is 0 Å². The van der Waals surface area contributed by atoms with Crippen molar-refractivity contribution in [3.63, 3.8) is 0 Å². The van der Waals surface area contributed by atoms with Crippen LogP contribution in [0.5, 0.6) is 5.88 Å². The molecule has 1 unspecified atom stereocenters. The van der Waals surface area contributed by atoms with Crippen LogP contribution >= 0.6 is 0 Å². The highest BCUT2D eigenvalue weighted by Crippen LogP contribution is 2.15. The number of hydrogen-bond donors (Lipinski definition) is 2. The minimum atomic E-state index is 0.126. The van der Waals surface area contributed by atoms with E-state index in [0.717, 1.165) is 24.6 Å². The van der Waals surface area contributed by atoms with E-state index in [1.54, 1.807) is 13.2 Å². The van der Waals surface area contributed by atoms with Crippen molar-refractivity contribution in [2.45, 2.75) is 19.1 Å². The van der Waals surface area contributed by atoms with E-state index < -0.39 is 0 Å². The summed E-state index contributed by atoms with van der Waals surface area (Å²) >= 11 is 0. The SMILES string of the molecule is CN=C(NC)NCc1ccnc(OC2CCOC2)c1. The number of pyridine rings is 1. The van der Waals surface area contributed by atoms with Gasteiger partial charge < -0.3 is 20.1 Å². The molecule has 2 rings (SSSR count). The minimum absolute atomic E-state index is 0.126. The zero-order valence-corrected chi connectivity index (χ0v) is 11.3. The highest BCUT2D eigenvalue weighted by molar-refractivity contribution is 5.79. The molecule has 1 atom stereocenters. The number of ether oxygens (including phenoxy) is 2. The van der Waals surface area contributed by atoms with Crippen LogP contribution in [-0.4, -0.2) is 44.4 Å². The first-order chi connectivity index (χ1) is 9.31. The second kappa shape index (κ2) is 6.94. The van der Waals surface area contributed by atoms with Crippen molar-refractivity contribution < 1.29 is 9.47 Å². The fourth-order valence-electron chi connectivity index (χ4n) is 1.87. The molecule has 104 valence electrons. The Hall–Kier alpha value is -1.82. The molecule has 6 heteroatoms. The van der Waals surface area contributed by atoms with Gasteiger partial charge in [0.15, 0.2) is 5.96 Å². The molecular weight excluding hydrogens is 244 g/mol. The second-order valence-electron chi connectivity index (χ2n) is 4.28. The first kappa shape index (κ1) is 13.6. The topological polar surface area (TPSA) is 67.8 Å². The van der Waals surface area contributed by atoms with Crippen LogP contribution in [0.1, 0.15) is 12.0 Å². The zero-order valence-electron chi connectivity index (χ0n) is 11.3. The van der Waals surface area contributed by atoms with Crippen molar-refractivity contribution in [3.8, 4) is 5.88 Å². The predicted molar refractivity (Wildman–Crippen MR) is 73.3 cm³/mol. The molecule has 19 heavy (non-hydrogen) atoms. The van der Waals surface area contributed by atoms with Gasteiger partial charge in [-0.1, -0.05) is 0 Å². The maximum absolute atomic E-state index is 5.77. The van der Waals surface area contributed by atoms with Gasteiger partial charge in [-0.25, -0.2) is 4.98 Å². The van der Waals surface area contributed by atoms with E-state index in [1.807, 2.05) is 19.2 Å². The second-order valence-corrected chi connectivity index (χ2v) is 4.28. The summed E-state index contributed by atoms with van der Waals surface area (Å²) in [6.07, 6.45) is 2.81. The number of guanidine groups is 1. The molecule has 1 saturated heterocycles. The predicted octanol–water partition coefficient (Wildman–Crippen LogP) is 0.544. The van der Waals surface area contributed by atoms with Crippen molar-refractivity contribution in [3.05, 3.63) is 23.9 Å². The quantitative estimate of drug-likeness (QED) is 0.614. The number of aliphatic imine (C=N–C) groups is 1. The Labute approximate surface area is 113 Å². The molecule has 0 radical (unpaired) electrons. The molecule has 0 amide bonds. The van der Waals surface area contributed by atoms with Gasteiger partial charge in [-0.05, 0) is 11.6 Å². The Bertz CT molecular complexity index is 430. The number of nitrogens with zero attached hydrogens (tertiary/aromatic N) is 2. The van der Waals surface area contributed by atoms with E-state index in [2.05, 4.69) is 20.6 Å². The molecule has 0 spiro atoms. The Morgan fingerprint density at radius 2 is 2.53 bits per heavy atom. The van der Waals surface area contributed by atoms with Crippen molar-refractivity contribution in [1.29, 1.82) is 0 Å². The highest BCUT2D eigenvalue weighted by Gasteiger charge is 2.17. The molecule has 0 aliphatic carbocycles. The van der Waals surface area contributed by atoms with E-state index in [4.69, 9.17) is 9.47 Å². The summed E-state index contributed by atoms with van der Waals surface area (Å²) in [7, 11) is 3.57. The molecule has 1 aliphatic rings. The average molecular weight is 264 g/mol. The number of rotatable bonds is 4. The Kier molecular flexibility index (Phi) is 4.97. The highest BCUT2D eigenvalue weighted by atomic mass is 16.5. The van der Waals surface area contributed by atoms with E-state index in [9.17, 15) is 0 Å². The van der Waals surface area contributed by atoms with Gasteiger partial charge in [0.2, 0.25) is 5.88 Å². The molecule has 6 nitrogen and oxygen atoms in total. The molecule has 1 aliphatic heterocycles. The van der Waals surface area contributed by atoms with Gasteiger partial charge in [-0.3, -0.25) is 4.99 Å². The third kappa shape index (κ3) is 4.10. The maximum Gasteiger partial charge on any atom is 0.213 e. The first-order valence-electron chi connectivity index (χ1n) is 6.39. The van der Waals surface area contributed by atoms with Gasteiger partial charge in [0, 0.05) is 39.3 Å². The lowest BCUT2D eigenvalue weighted by atomic mass is 10.2. The van der Waals surface area contributed by atoms with Crippen LogP contribution < -0.4 is 15.4 Å². The molecule has 1 aromatic heterocycles. The van der Waals surface area contributed by atoms with E-state index in [1.165, 1.54) is 0 Å². The summed E-state index contributed by atoms with van der Waals surface area (Å²) in [6.45, 7) is 2.09. The molecule has 1 aromatic rings. The minimum Gasteiger partial charge on any atom is -0.472 e. The Balaban J connectivity index is 1.90. The number of aromatic nitrogens is 1. The molecule has 2 heterocycles.